The van der Waals surface area contributed by atoms with Gasteiger partial charge in [0.15, 0.2) is 0 Å². The molecule has 0 spiro atoms. The van der Waals surface area contributed by atoms with E-state index in [1.807, 2.05) is 4.90 Å². The molecule has 2 bridgehead atoms. The summed E-state index contributed by atoms with van der Waals surface area (Å²) in [5.74, 6) is 0.161. The summed E-state index contributed by atoms with van der Waals surface area (Å²) in [7, 11) is 0. The van der Waals surface area contributed by atoms with Gasteiger partial charge in [0.25, 0.3) is 0 Å². The first-order valence-electron chi connectivity index (χ1n) is 8.27. The lowest BCUT2D eigenvalue weighted by atomic mass is 9.84. The topological polar surface area (TPSA) is 69.6 Å². The first-order chi connectivity index (χ1) is 9.97. The van der Waals surface area contributed by atoms with Gasteiger partial charge in [0.1, 0.15) is 0 Å². The lowest BCUT2D eigenvalue weighted by molar-refractivity contribution is -0.144. The van der Waals surface area contributed by atoms with Crippen molar-refractivity contribution in [3.05, 3.63) is 0 Å². The van der Waals surface area contributed by atoms with Crippen LogP contribution in [0.15, 0.2) is 0 Å². The number of hydrogen-bond donors (Lipinski definition) is 2. The van der Waals surface area contributed by atoms with Crippen LogP contribution < -0.4 is 5.32 Å². The monoisotopic (exact) mass is 294 g/mol. The highest BCUT2D eigenvalue weighted by molar-refractivity contribution is 5.78. The highest BCUT2D eigenvalue weighted by Gasteiger charge is 2.52. The van der Waals surface area contributed by atoms with Gasteiger partial charge in [-0.1, -0.05) is 6.92 Å². The van der Waals surface area contributed by atoms with E-state index in [2.05, 4.69) is 19.2 Å². The van der Waals surface area contributed by atoms with E-state index in [4.69, 9.17) is 0 Å². The van der Waals surface area contributed by atoms with Crippen LogP contribution in [0.3, 0.4) is 0 Å². The van der Waals surface area contributed by atoms with Crippen LogP contribution in [-0.2, 0) is 4.79 Å². The van der Waals surface area contributed by atoms with Gasteiger partial charge >= 0.3 is 12.0 Å². The normalized spacial score (nSPS) is 42.1. The Morgan fingerprint density at radius 1 is 1.10 bits per heavy atom. The Balaban J connectivity index is 1.65. The van der Waals surface area contributed by atoms with Crippen molar-refractivity contribution < 1.29 is 14.7 Å². The van der Waals surface area contributed by atoms with E-state index in [9.17, 15) is 14.7 Å². The number of carbonyl (C=O) groups is 2. The van der Waals surface area contributed by atoms with E-state index in [1.54, 1.807) is 0 Å². The van der Waals surface area contributed by atoms with E-state index >= 15 is 0 Å². The Kier molecular flexibility index (Phi) is 3.84. The second-order valence-corrected chi connectivity index (χ2v) is 7.34. The fourth-order valence-electron chi connectivity index (χ4n) is 4.79. The summed E-state index contributed by atoms with van der Waals surface area (Å²) >= 11 is 0. The van der Waals surface area contributed by atoms with Gasteiger partial charge in [0.05, 0.1) is 5.92 Å². The van der Waals surface area contributed by atoms with Crippen molar-refractivity contribution in [2.45, 2.75) is 58.0 Å². The van der Waals surface area contributed by atoms with Crippen molar-refractivity contribution in [1.29, 1.82) is 0 Å². The van der Waals surface area contributed by atoms with Crippen LogP contribution in [0.5, 0.6) is 0 Å². The number of rotatable bonds is 2. The number of piperidine rings is 1. The molecule has 21 heavy (non-hydrogen) atoms. The first-order valence-corrected chi connectivity index (χ1v) is 8.27. The third-order valence-corrected chi connectivity index (χ3v) is 5.89. The van der Waals surface area contributed by atoms with Gasteiger partial charge in [-0.2, -0.15) is 0 Å². The highest BCUT2D eigenvalue weighted by atomic mass is 16.4. The summed E-state index contributed by atoms with van der Waals surface area (Å²) in [4.78, 5) is 25.9. The van der Waals surface area contributed by atoms with Crippen molar-refractivity contribution >= 4 is 12.0 Å². The van der Waals surface area contributed by atoms with E-state index < -0.39 is 5.97 Å². The molecule has 0 aromatic rings. The van der Waals surface area contributed by atoms with E-state index in [0.29, 0.717) is 11.8 Å². The number of nitrogens with one attached hydrogen (secondary N) is 1. The molecule has 2 aliphatic carbocycles. The molecule has 5 heteroatoms. The minimum atomic E-state index is -0.743. The standard InChI is InChI=1S/C16H26N2O3/c1-9-5-6-18(10(2)7-9)16(21)17-14-12-4-3-11(8-12)13(14)15(19)20/h9-14H,3-8H2,1-2H3,(H,17,21)(H,19,20). The molecule has 1 aliphatic heterocycles. The van der Waals surface area contributed by atoms with Gasteiger partial charge in [-0.25, -0.2) is 4.79 Å². The lowest BCUT2D eigenvalue weighted by Gasteiger charge is -2.38. The second-order valence-electron chi connectivity index (χ2n) is 7.34. The maximum Gasteiger partial charge on any atom is 0.317 e. The molecular formula is C16H26N2O3. The summed E-state index contributed by atoms with van der Waals surface area (Å²) in [6.45, 7) is 5.10. The minimum Gasteiger partial charge on any atom is -0.481 e. The number of carboxylic acid groups (broad SMARTS) is 1. The maximum atomic E-state index is 12.5. The lowest BCUT2D eigenvalue weighted by Crippen LogP contribution is -2.55. The molecule has 3 aliphatic rings. The quantitative estimate of drug-likeness (QED) is 0.821. The van der Waals surface area contributed by atoms with Crippen LogP contribution in [0.2, 0.25) is 0 Å². The number of urea groups is 1. The molecular weight excluding hydrogens is 268 g/mol. The van der Waals surface area contributed by atoms with Crippen molar-refractivity contribution in [2.75, 3.05) is 6.54 Å². The number of carboxylic acids is 1. The van der Waals surface area contributed by atoms with Crippen LogP contribution in [0.4, 0.5) is 4.79 Å². The Morgan fingerprint density at radius 2 is 1.81 bits per heavy atom. The number of fused-ring (bicyclic) bond motifs is 2. The summed E-state index contributed by atoms with van der Waals surface area (Å²) in [5, 5.41) is 12.5. The average Bonchev–Trinajstić information content (AvgIpc) is 2.98. The number of amides is 2. The highest BCUT2D eigenvalue weighted by Crippen LogP contribution is 2.48. The molecule has 6 atom stereocenters. The molecule has 3 fully saturated rings. The zero-order valence-electron chi connectivity index (χ0n) is 12.9. The van der Waals surface area contributed by atoms with Crippen LogP contribution in [0, 0.1) is 23.7 Å². The minimum absolute atomic E-state index is 0.0572. The van der Waals surface area contributed by atoms with E-state index in [-0.39, 0.29) is 30.0 Å². The molecule has 6 unspecified atom stereocenters. The van der Waals surface area contributed by atoms with Gasteiger partial charge in [0, 0.05) is 18.6 Å². The predicted molar refractivity (Wildman–Crippen MR) is 78.8 cm³/mol. The Labute approximate surface area is 126 Å². The molecule has 2 amide bonds. The van der Waals surface area contributed by atoms with Crippen LogP contribution in [0.25, 0.3) is 0 Å². The van der Waals surface area contributed by atoms with Gasteiger partial charge in [-0.3, -0.25) is 4.79 Å². The molecule has 0 aromatic heterocycles. The number of likely N-dealkylation sites (tertiary alicyclic amines) is 1. The van der Waals surface area contributed by atoms with Gasteiger partial charge in [-0.15, -0.1) is 0 Å². The van der Waals surface area contributed by atoms with Crippen LogP contribution in [-0.4, -0.2) is 40.6 Å². The molecule has 1 heterocycles. The molecule has 2 N–H and O–H groups in total. The molecule has 3 rings (SSSR count). The largest absolute Gasteiger partial charge is 0.481 e. The fraction of sp³-hybridized carbons (Fsp3) is 0.875. The van der Waals surface area contributed by atoms with Gasteiger partial charge < -0.3 is 15.3 Å². The molecule has 5 nitrogen and oxygen atoms in total. The summed E-state index contributed by atoms with van der Waals surface area (Å²) in [5.41, 5.74) is 0. The smallest absolute Gasteiger partial charge is 0.317 e. The molecule has 0 aromatic carbocycles. The SMILES string of the molecule is CC1CCN(C(=O)NC2C3CCC(C3)C2C(=O)O)C(C)C1. The number of carbonyl (C=O) groups excluding carboxylic acids is 1. The van der Waals surface area contributed by atoms with Crippen molar-refractivity contribution in [3.63, 3.8) is 0 Å². The Morgan fingerprint density at radius 3 is 2.48 bits per heavy atom. The number of aliphatic carboxylic acids is 1. The summed E-state index contributed by atoms with van der Waals surface area (Å²) < 4.78 is 0. The predicted octanol–water partition coefficient (Wildman–Crippen LogP) is 2.32. The molecule has 1 saturated heterocycles. The second kappa shape index (κ2) is 5.50. The zero-order valence-corrected chi connectivity index (χ0v) is 12.9. The number of nitrogens with zero attached hydrogens (tertiary/aromatic N) is 1. The third kappa shape index (κ3) is 2.62. The van der Waals surface area contributed by atoms with Crippen molar-refractivity contribution in [2.24, 2.45) is 23.7 Å². The number of hydrogen-bond acceptors (Lipinski definition) is 2. The maximum absolute atomic E-state index is 12.5. The molecule has 2 saturated carbocycles. The van der Waals surface area contributed by atoms with Crippen LogP contribution >= 0.6 is 0 Å². The van der Waals surface area contributed by atoms with E-state index in [0.717, 1.165) is 38.6 Å². The molecule has 118 valence electrons. The Hall–Kier alpha value is -1.26. The Bertz CT molecular complexity index is 439. The fourth-order valence-corrected chi connectivity index (χ4v) is 4.79. The summed E-state index contributed by atoms with van der Waals surface area (Å²) in [6, 6.07) is 0.0223. The summed E-state index contributed by atoms with van der Waals surface area (Å²) in [6.07, 6.45) is 5.11. The zero-order chi connectivity index (χ0) is 15.1. The third-order valence-electron chi connectivity index (χ3n) is 5.89. The van der Waals surface area contributed by atoms with Gasteiger partial charge in [0.2, 0.25) is 0 Å². The first kappa shape index (κ1) is 14.7. The van der Waals surface area contributed by atoms with Crippen molar-refractivity contribution in [1.82, 2.24) is 10.2 Å². The van der Waals surface area contributed by atoms with Crippen molar-refractivity contribution in [3.8, 4) is 0 Å². The van der Waals surface area contributed by atoms with Gasteiger partial charge in [-0.05, 0) is 56.8 Å². The van der Waals surface area contributed by atoms with Crippen LogP contribution in [0.1, 0.15) is 46.0 Å². The average molecular weight is 294 g/mol. The van der Waals surface area contributed by atoms with E-state index in [1.165, 1.54) is 0 Å². The molecule has 0 radical (unpaired) electrons.